The van der Waals surface area contributed by atoms with Gasteiger partial charge in [-0.1, -0.05) is 23.7 Å². The lowest BCUT2D eigenvalue weighted by molar-refractivity contribution is 0.372. The molecule has 29 heavy (non-hydrogen) atoms. The van der Waals surface area contributed by atoms with Gasteiger partial charge in [0.15, 0.2) is 11.8 Å². The van der Waals surface area contributed by atoms with E-state index in [9.17, 15) is 0 Å². The number of hydrogen-bond acceptors (Lipinski definition) is 4. The van der Waals surface area contributed by atoms with Crippen molar-refractivity contribution >= 4 is 47.2 Å². The number of para-hydroxylation sites is 1. The van der Waals surface area contributed by atoms with Crippen LogP contribution in [0, 0.1) is 0 Å². The fourth-order valence-corrected chi connectivity index (χ4v) is 4.18. The van der Waals surface area contributed by atoms with E-state index in [1.807, 2.05) is 18.2 Å². The molecule has 3 heterocycles. The summed E-state index contributed by atoms with van der Waals surface area (Å²) in [6.07, 6.45) is 3.44. The molecule has 0 radical (unpaired) electrons. The maximum absolute atomic E-state index is 6.36. The quantitative estimate of drug-likeness (QED) is 0.375. The first-order valence-electron chi connectivity index (χ1n) is 10.2. The van der Waals surface area contributed by atoms with Crippen LogP contribution in [0.1, 0.15) is 31.4 Å². The highest BCUT2D eigenvalue weighted by atomic mass is 127. The van der Waals surface area contributed by atoms with E-state index in [1.165, 1.54) is 12.8 Å². The molecule has 158 valence electrons. The van der Waals surface area contributed by atoms with Crippen LogP contribution in [-0.4, -0.2) is 58.3 Å². The average Bonchev–Trinajstić information content (AvgIpc) is 3.15. The first-order chi connectivity index (χ1) is 13.8. The molecule has 0 atom stereocenters. The van der Waals surface area contributed by atoms with Crippen LogP contribution in [0.3, 0.4) is 0 Å². The highest BCUT2D eigenvalue weighted by Crippen LogP contribution is 2.26. The summed E-state index contributed by atoms with van der Waals surface area (Å²) in [4.78, 5) is 9.53. The van der Waals surface area contributed by atoms with Crippen LogP contribution in [0.2, 0.25) is 5.02 Å². The van der Waals surface area contributed by atoms with Gasteiger partial charge in [0, 0.05) is 45.7 Å². The standard InChI is InChI=1S/C20H28ClN7.HI/c1-2-22-20(23-15-19-25-24-18-9-5-6-10-28(18)19)27-13-11-26(12-14-27)17-8-4-3-7-16(17)21;/h3-4,7-8H,2,5-6,9-15H2,1H3,(H,22,23);1H. The highest BCUT2D eigenvalue weighted by molar-refractivity contribution is 14.0. The van der Waals surface area contributed by atoms with E-state index in [0.29, 0.717) is 6.54 Å². The van der Waals surface area contributed by atoms with Crippen LogP contribution in [0.15, 0.2) is 29.3 Å². The number of nitrogens with one attached hydrogen (secondary N) is 1. The van der Waals surface area contributed by atoms with E-state index in [-0.39, 0.29) is 24.0 Å². The van der Waals surface area contributed by atoms with Gasteiger partial charge in [0.2, 0.25) is 0 Å². The van der Waals surface area contributed by atoms with E-state index in [1.54, 1.807) is 0 Å². The van der Waals surface area contributed by atoms with Crippen molar-refractivity contribution < 1.29 is 0 Å². The van der Waals surface area contributed by atoms with E-state index >= 15 is 0 Å². The number of nitrogens with zero attached hydrogens (tertiary/aromatic N) is 6. The van der Waals surface area contributed by atoms with Gasteiger partial charge in [0.1, 0.15) is 12.4 Å². The number of benzene rings is 1. The summed E-state index contributed by atoms with van der Waals surface area (Å²) in [6, 6.07) is 8.05. The van der Waals surface area contributed by atoms with Gasteiger partial charge >= 0.3 is 0 Å². The number of aryl methyl sites for hydroxylation is 1. The van der Waals surface area contributed by atoms with Gasteiger partial charge in [0.25, 0.3) is 0 Å². The number of piperazine rings is 1. The molecular formula is C20H29ClIN7. The molecule has 0 amide bonds. The monoisotopic (exact) mass is 529 g/mol. The SMILES string of the molecule is CCNC(=NCc1nnc2n1CCCC2)N1CCN(c2ccccc2Cl)CC1.I. The topological polar surface area (TPSA) is 61.6 Å². The van der Waals surface area contributed by atoms with Gasteiger partial charge in [-0.15, -0.1) is 34.2 Å². The summed E-state index contributed by atoms with van der Waals surface area (Å²) < 4.78 is 2.24. The molecule has 1 aromatic carbocycles. The van der Waals surface area contributed by atoms with Crippen molar-refractivity contribution in [1.82, 2.24) is 25.0 Å². The van der Waals surface area contributed by atoms with Gasteiger partial charge in [0.05, 0.1) is 10.7 Å². The highest BCUT2D eigenvalue weighted by Gasteiger charge is 2.21. The van der Waals surface area contributed by atoms with Gasteiger partial charge in [-0.05, 0) is 31.9 Å². The largest absolute Gasteiger partial charge is 0.367 e. The molecule has 0 saturated carbocycles. The summed E-state index contributed by atoms with van der Waals surface area (Å²) in [7, 11) is 0. The molecule has 0 unspecified atom stereocenters. The zero-order valence-corrected chi connectivity index (χ0v) is 19.9. The molecule has 2 aromatic rings. The molecule has 9 heteroatoms. The van der Waals surface area contributed by atoms with Gasteiger partial charge in [-0.3, -0.25) is 0 Å². The summed E-state index contributed by atoms with van der Waals surface area (Å²) in [5.41, 5.74) is 1.11. The molecule has 2 aliphatic rings. The van der Waals surface area contributed by atoms with E-state index < -0.39 is 0 Å². The first-order valence-corrected chi connectivity index (χ1v) is 10.6. The summed E-state index contributed by atoms with van der Waals surface area (Å²) in [6.45, 7) is 8.21. The number of fused-ring (bicyclic) bond motifs is 1. The van der Waals surface area contributed by atoms with Gasteiger partial charge in [-0.2, -0.15) is 0 Å². The van der Waals surface area contributed by atoms with E-state index in [4.69, 9.17) is 16.6 Å². The van der Waals surface area contributed by atoms with Crippen molar-refractivity contribution in [3.8, 4) is 0 Å². The van der Waals surface area contributed by atoms with Crippen LogP contribution in [0.25, 0.3) is 0 Å². The van der Waals surface area contributed by atoms with Gasteiger partial charge in [-0.25, -0.2) is 4.99 Å². The third kappa shape index (κ3) is 5.14. The molecule has 1 fully saturated rings. The molecule has 1 N–H and O–H groups in total. The van der Waals surface area contributed by atoms with E-state index in [0.717, 1.165) is 74.0 Å². The lowest BCUT2D eigenvalue weighted by atomic mass is 10.2. The Kier molecular flexibility index (Phi) is 7.99. The Morgan fingerprint density at radius 3 is 2.66 bits per heavy atom. The second kappa shape index (κ2) is 10.5. The smallest absolute Gasteiger partial charge is 0.194 e. The number of halogens is 2. The Balaban J connectivity index is 0.00000240. The van der Waals surface area contributed by atoms with Crippen LogP contribution in [0.5, 0.6) is 0 Å². The summed E-state index contributed by atoms with van der Waals surface area (Å²) >= 11 is 6.36. The van der Waals surface area contributed by atoms with Crippen molar-refractivity contribution in [2.45, 2.75) is 39.3 Å². The maximum Gasteiger partial charge on any atom is 0.194 e. The number of aromatic nitrogens is 3. The molecule has 0 bridgehead atoms. The van der Waals surface area contributed by atoms with E-state index in [2.05, 4.69) is 42.9 Å². The molecule has 0 aliphatic carbocycles. The number of aliphatic imine (C=N–C) groups is 1. The number of anilines is 1. The fraction of sp³-hybridized carbons (Fsp3) is 0.550. The van der Waals surface area contributed by atoms with Crippen LogP contribution in [0.4, 0.5) is 5.69 Å². The second-order valence-corrected chi connectivity index (χ2v) is 7.64. The van der Waals surface area contributed by atoms with Crippen LogP contribution >= 0.6 is 35.6 Å². The number of guanidine groups is 1. The Bertz CT molecular complexity index is 830. The van der Waals surface area contributed by atoms with Crippen molar-refractivity contribution in [2.75, 3.05) is 37.6 Å². The molecule has 7 nitrogen and oxygen atoms in total. The molecule has 4 rings (SSSR count). The molecule has 1 aromatic heterocycles. The Labute approximate surface area is 194 Å². The minimum Gasteiger partial charge on any atom is -0.367 e. The average molecular weight is 530 g/mol. The predicted molar refractivity (Wildman–Crippen MR) is 128 cm³/mol. The zero-order chi connectivity index (χ0) is 19.3. The van der Waals surface area contributed by atoms with Crippen LogP contribution < -0.4 is 10.2 Å². The van der Waals surface area contributed by atoms with Crippen molar-refractivity contribution in [3.05, 3.63) is 40.9 Å². The van der Waals surface area contributed by atoms with Crippen LogP contribution in [-0.2, 0) is 19.5 Å². The Morgan fingerprint density at radius 2 is 1.90 bits per heavy atom. The third-order valence-electron chi connectivity index (χ3n) is 5.41. The third-order valence-corrected chi connectivity index (χ3v) is 5.73. The molecule has 0 spiro atoms. The molecular weight excluding hydrogens is 501 g/mol. The lowest BCUT2D eigenvalue weighted by Gasteiger charge is -2.38. The Morgan fingerprint density at radius 1 is 1.10 bits per heavy atom. The van der Waals surface area contributed by atoms with Crippen molar-refractivity contribution in [3.63, 3.8) is 0 Å². The normalized spacial score (nSPS) is 17.0. The lowest BCUT2D eigenvalue weighted by Crippen LogP contribution is -2.52. The predicted octanol–water partition coefficient (Wildman–Crippen LogP) is 3.17. The van der Waals surface area contributed by atoms with Crippen molar-refractivity contribution in [2.24, 2.45) is 4.99 Å². The zero-order valence-electron chi connectivity index (χ0n) is 16.8. The summed E-state index contributed by atoms with van der Waals surface area (Å²) in [5.74, 6) is 3.03. The molecule has 2 aliphatic heterocycles. The number of rotatable bonds is 4. The Hall–Kier alpha value is -1.55. The summed E-state index contributed by atoms with van der Waals surface area (Å²) in [5, 5.41) is 13.0. The maximum atomic E-state index is 6.36. The first kappa shape index (κ1) is 22.1. The number of hydrogen-bond donors (Lipinski definition) is 1. The van der Waals surface area contributed by atoms with Gasteiger partial charge < -0.3 is 19.7 Å². The molecule has 1 saturated heterocycles. The minimum absolute atomic E-state index is 0. The fourth-order valence-electron chi connectivity index (χ4n) is 3.92. The van der Waals surface area contributed by atoms with Crippen molar-refractivity contribution in [1.29, 1.82) is 0 Å². The minimum atomic E-state index is 0. The second-order valence-electron chi connectivity index (χ2n) is 7.24.